The van der Waals surface area contributed by atoms with Crippen molar-refractivity contribution >= 4 is 5.91 Å². The molecule has 2 aliphatic heterocycles. The van der Waals surface area contributed by atoms with Gasteiger partial charge in [-0.2, -0.15) is 0 Å². The van der Waals surface area contributed by atoms with Gasteiger partial charge in [-0.1, -0.05) is 25.0 Å². The zero-order valence-corrected chi connectivity index (χ0v) is 17.6. The lowest BCUT2D eigenvalue weighted by Crippen LogP contribution is -2.36. The van der Waals surface area contributed by atoms with Crippen LogP contribution in [-0.2, 0) is 11.3 Å². The number of carbonyl (C=O) groups is 1. The summed E-state index contributed by atoms with van der Waals surface area (Å²) in [7, 11) is 0. The van der Waals surface area contributed by atoms with Gasteiger partial charge in [0, 0.05) is 19.5 Å². The van der Waals surface area contributed by atoms with Crippen LogP contribution >= 0.6 is 0 Å². The van der Waals surface area contributed by atoms with Crippen molar-refractivity contribution in [2.75, 3.05) is 39.3 Å². The van der Waals surface area contributed by atoms with Crippen molar-refractivity contribution in [3.8, 4) is 5.75 Å². The number of piperidine rings is 1. The van der Waals surface area contributed by atoms with Gasteiger partial charge in [0.05, 0.1) is 0 Å². The van der Waals surface area contributed by atoms with E-state index < -0.39 is 6.10 Å². The van der Waals surface area contributed by atoms with E-state index in [4.69, 9.17) is 10.5 Å². The maximum absolute atomic E-state index is 11.1. The second-order valence-electron chi connectivity index (χ2n) is 8.72. The average molecular weight is 404 g/mol. The number of rotatable bonds is 9. The number of carbonyl (C=O) groups excluding carboxylic acids is 1. The molecule has 6 nitrogen and oxygen atoms in total. The Morgan fingerprint density at radius 1 is 1.10 bits per heavy atom. The van der Waals surface area contributed by atoms with Crippen molar-refractivity contribution in [1.82, 2.24) is 9.80 Å². The standard InChI is InChI=1S/C23H37N3O3/c24-23(28)15-19-8-12-26(13-9-19)16-20-6-5-7-22(14-20)29-18-21(27)17-25-10-3-1-2-4-11-25/h5-7,14,19,21,27H,1-4,8-13,15-18H2,(H2,24,28)/t21-/m1/s1. The quantitative estimate of drug-likeness (QED) is 0.662. The molecule has 0 aliphatic carbocycles. The number of ether oxygens (including phenoxy) is 1. The lowest BCUT2D eigenvalue weighted by Gasteiger charge is -2.31. The summed E-state index contributed by atoms with van der Waals surface area (Å²) in [5.41, 5.74) is 6.54. The summed E-state index contributed by atoms with van der Waals surface area (Å²) < 4.78 is 5.88. The Balaban J connectivity index is 1.40. The van der Waals surface area contributed by atoms with Crippen molar-refractivity contribution < 1.29 is 14.6 Å². The Morgan fingerprint density at radius 3 is 2.52 bits per heavy atom. The first kappa shape index (κ1) is 22.1. The van der Waals surface area contributed by atoms with E-state index in [0.717, 1.165) is 51.3 Å². The van der Waals surface area contributed by atoms with E-state index in [1.165, 1.54) is 31.2 Å². The van der Waals surface area contributed by atoms with Gasteiger partial charge in [-0.15, -0.1) is 0 Å². The molecular weight excluding hydrogens is 366 g/mol. The fraction of sp³-hybridized carbons (Fsp3) is 0.696. The zero-order chi connectivity index (χ0) is 20.5. The first-order valence-corrected chi connectivity index (χ1v) is 11.2. The van der Waals surface area contributed by atoms with Gasteiger partial charge in [0.2, 0.25) is 5.91 Å². The third-order valence-corrected chi connectivity index (χ3v) is 6.11. The third-order valence-electron chi connectivity index (χ3n) is 6.11. The highest BCUT2D eigenvalue weighted by Gasteiger charge is 2.21. The number of benzene rings is 1. The fourth-order valence-corrected chi connectivity index (χ4v) is 4.49. The third kappa shape index (κ3) is 7.96. The van der Waals surface area contributed by atoms with Gasteiger partial charge in [-0.05, 0) is 75.5 Å². The molecule has 0 radical (unpaired) electrons. The first-order chi connectivity index (χ1) is 14.1. The predicted molar refractivity (Wildman–Crippen MR) is 115 cm³/mol. The van der Waals surface area contributed by atoms with Gasteiger partial charge < -0.3 is 20.5 Å². The molecule has 0 aromatic heterocycles. The van der Waals surface area contributed by atoms with Crippen LogP contribution in [0.2, 0.25) is 0 Å². The highest BCUT2D eigenvalue weighted by molar-refractivity contribution is 5.73. The summed E-state index contributed by atoms with van der Waals surface area (Å²) in [4.78, 5) is 15.9. The summed E-state index contributed by atoms with van der Waals surface area (Å²) >= 11 is 0. The van der Waals surface area contributed by atoms with E-state index in [-0.39, 0.29) is 5.91 Å². The Kier molecular flexibility index (Phi) is 8.77. The molecule has 6 heteroatoms. The smallest absolute Gasteiger partial charge is 0.217 e. The Morgan fingerprint density at radius 2 is 1.83 bits per heavy atom. The molecule has 2 heterocycles. The van der Waals surface area contributed by atoms with Crippen LogP contribution in [0.5, 0.6) is 5.75 Å². The Bertz CT molecular complexity index is 624. The van der Waals surface area contributed by atoms with Crippen LogP contribution in [0, 0.1) is 5.92 Å². The highest BCUT2D eigenvalue weighted by atomic mass is 16.5. The molecule has 1 atom stereocenters. The highest BCUT2D eigenvalue weighted by Crippen LogP contribution is 2.23. The number of nitrogens with two attached hydrogens (primary N) is 1. The topological polar surface area (TPSA) is 79.0 Å². The minimum atomic E-state index is -0.457. The second kappa shape index (κ2) is 11.5. The van der Waals surface area contributed by atoms with Crippen LogP contribution in [0.25, 0.3) is 0 Å². The molecule has 29 heavy (non-hydrogen) atoms. The summed E-state index contributed by atoms with van der Waals surface area (Å²) in [6.45, 7) is 6.08. The Hall–Kier alpha value is -1.63. The lowest BCUT2D eigenvalue weighted by atomic mass is 9.93. The maximum atomic E-state index is 11.1. The lowest BCUT2D eigenvalue weighted by molar-refractivity contribution is -0.119. The zero-order valence-electron chi connectivity index (χ0n) is 17.6. The molecule has 0 saturated carbocycles. The molecule has 0 unspecified atom stereocenters. The average Bonchev–Trinajstić information content (AvgIpc) is 2.96. The van der Waals surface area contributed by atoms with E-state index in [1.54, 1.807) is 0 Å². The molecule has 1 amide bonds. The molecule has 2 aliphatic rings. The number of amides is 1. The van der Waals surface area contributed by atoms with Gasteiger partial charge in [0.15, 0.2) is 0 Å². The number of nitrogens with zero attached hydrogens (tertiary/aromatic N) is 2. The van der Waals surface area contributed by atoms with Gasteiger partial charge in [0.1, 0.15) is 18.5 Å². The molecule has 2 fully saturated rings. The van der Waals surface area contributed by atoms with Gasteiger partial charge in [0.25, 0.3) is 0 Å². The molecular formula is C23H37N3O3. The van der Waals surface area contributed by atoms with E-state index in [9.17, 15) is 9.90 Å². The molecule has 0 spiro atoms. The van der Waals surface area contributed by atoms with Crippen molar-refractivity contribution in [2.45, 2.75) is 57.6 Å². The molecule has 162 valence electrons. The normalized spacial score (nSPS) is 20.9. The van der Waals surface area contributed by atoms with E-state index >= 15 is 0 Å². The van der Waals surface area contributed by atoms with Crippen molar-refractivity contribution in [1.29, 1.82) is 0 Å². The van der Waals surface area contributed by atoms with Gasteiger partial charge >= 0.3 is 0 Å². The summed E-state index contributed by atoms with van der Waals surface area (Å²) in [5, 5.41) is 10.4. The molecule has 3 N–H and O–H groups in total. The van der Waals surface area contributed by atoms with Crippen molar-refractivity contribution in [2.24, 2.45) is 11.7 Å². The predicted octanol–water partition coefficient (Wildman–Crippen LogP) is 2.39. The summed E-state index contributed by atoms with van der Waals surface area (Å²) in [6, 6.07) is 8.18. The number of primary amides is 1. The monoisotopic (exact) mass is 403 g/mol. The number of β-amino-alcohol motifs (C(OH)–C–C–N with tert-alkyl or cyclic N) is 1. The number of hydrogen-bond acceptors (Lipinski definition) is 5. The number of aliphatic hydroxyl groups excluding tert-OH is 1. The number of aliphatic hydroxyl groups is 1. The van der Waals surface area contributed by atoms with Crippen LogP contribution in [-0.4, -0.2) is 66.2 Å². The molecule has 3 rings (SSSR count). The van der Waals surface area contributed by atoms with Crippen LogP contribution in [0.3, 0.4) is 0 Å². The van der Waals surface area contributed by atoms with Crippen molar-refractivity contribution in [3.05, 3.63) is 29.8 Å². The maximum Gasteiger partial charge on any atom is 0.217 e. The van der Waals surface area contributed by atoms with E-state index in [0.29, 0.717) is 25.5 Å². The fourth-order valence-electron chi connectivity index (χ4n) is 4.49. The summed E-state index contributed by atoms with van der Waals surface area (Å²) in [6.07, 6.45) is 7.18. The van der Waals surface area contributed by atoms with Gasteiger partial charge in [-0.3, -0.25) is 9.69 Å². The van der Waals surface area contributed by atoms with Gasteiger partial charge in [-0.25, -0.2) is 0 Å². The minimum Gasteiger partial charge on any atom is -0.491 e. The minimum absolute atomic E-state index is 0.189. The number of hydrogen-bond donors (Lipinski definition) is 2. The second-order valence-corrected chi connectivity index (χ2v) is 8.72. The largest absolute Gasteiger partial charge is 0.491 e. The molecule has 2 saturated heterocycles. The van der Waals surface area contributed by atoms with Crippen LogP contribution in [0.4, 0.5) is 0 Å². The van der Waals surface area contributed by atoms with E-state index in [1.807, 2.05) is 12.1 Å². The summed E-state index contributed by atoms with van der Waals surface area (Å²) in [5.74, 6) is 1.07. The SMILES string of the molecule is NC(=O)CC1CCN(Cc2cccc(OC[C@H](O)CN3CCCCCC3)c2)CC1. The Labute approximate surface area is 175 Å². The van der Waals surface area contributed by atoms with Crippen molar-refractivity contribution in [3.63, 3.8) is 0 Å². The first-order valence-electron chi connectivity index (χ1n) is 11.2. The van der Waals surface area contributed by atoms with Crippen LogP contribution < -0.4 is 10.5 Å². The molecule has 1 aromatic rings. The van der Waals surface area contributed by atoms with E-state index in [2.05, 4.69) is 21.9 Å². The van der Waals surface area contributed by atoms with Crippen LogP contribution in [0.1, 0.15) is 50.5 Å². The molecule has 1 aromatic carbocycles. The molecule has 0 bridgehead atoms. The number of likely N-dealkylation sites (tertiary alicyclic amines) is 2. The van der Waals surface area contributed by atoms with Crippen LogP contribution in [0.15, 0.2) is 24.3 Å².